The molecule has 0 amide bonds. The van der Waals surface area contributed by atoms with Gasteiger partial charge in [-0.3, -0.25) is 0 Å². The van der Waals surface area contributed by atoms with Crippen molar-refractivity contribution in [2.45, 2.75) is 19.4 Å². The van der Waals surface area contributed by atoms with Gasteiger partial charge in [0.15, 0.2) is 0 Å². The normalized spacial score (nSPS) is 9.08. The molecule has 0 atom stereocenters. The van der Waals surface area contributed by atoms with Gasteiger partial charge in [0.05, 0.1) is 0 Å². The van der Waals surface area contributed by atoms with Gasteiger partial charge >= 0.3 is 58.3 Å². The summed E-state index contributed by atoms with van der Waals surface area (Å²) in [5, 5.41) is 5.32. The molecule has 0 nitrogen and oxygen atoms in total. The summed E-state index contributed by atoms with van der Waals surface area (Å²) in [6.45, 7) is 2.19. The van der Waals surface area contributed by atoms with Crippen LogP contribution in [-0.4, -0.2) is 4.80 Å². The van der Waals surface area contributed by atoms with E-state index in [0.717, 1.165) is 0 Å². The Morgan fingerprint density at radius 1 is 0.808 bits per heavy atom. The largest absolute Gasteiger partial charge is 1.00 e. The molecule has 0 saturated carbocycles. The average molecular weight is 586 g/mol. The maximum atomic E-state index is 5.74. The number of hydrogen-bond donors (Lipinski definition) is 0. The first-order valence-electron chi connectivity index (χ1n) is 8.14. The van der Waals surface area contributed by atoms with Crippen molar-refractivity contribution in [1.29, 1.82) is 0 Å². The predicted octanol–water partition coefficient (Wildman–Crippen LogP) is 0.796. The van der Waals surface area contributed by atoms with Crippen LogP contribution in [0, 0.1) is 0 Å². The quantitative estimate of drug-likeness (QED) is 0.185. The van der Waals surface area contributed by atoms with E-state index in [0.29, 0.717) is 0 Å². The zero-order valence-electron chi connectivity index (χ0n) is 14.6. The number of benzene rings is 2. The minimum atomic E-state index is -0.274. The molecule has 0 unspecified atom stereocenters. The second-order valence-corrected chi connectivity index (χ2v) is 18.1. The van der Waals surface area contributed by atoms with Gasteiger partial charge in [0.1, 0.15) is 0 Å². The first-order chi connectivity index (χ1) is 11.7. The minimum Gasteiger partial charge on any atom is -1.00 e. The molecule has 0 fully saturated rings. The second-order valence-electron chi connectivity index (χ2n) is 5.46. The molecule has 4 aromatic rings. The van der Waals surface area contributed by atoms with E-state index in [4.69, 9.17) is 11.1 Å². The second kappa shape index (κ2) is 14.6. The molecule has 5 heteroatoms. The Hall–Kier alpha value is -0.383. The first-order valence-corrected chi connectivity index (χ1v) is 16.3. The SMILES string of the molecule is CCC[Si](Cl)=[Hf+2].[Cl-].[Cl-].c1ccc2[cH-]ccc2c1.c1ccc2[cH-]ccc2c1. The van der Waals surface area contributed by atoms with Crippen molar-refractivity contribution in [3.8, 4) is 0 Å². The van der Waals surface area contributed by atoms with Crippen LogP contribution in [0.1, 0.15) is 13.3 Å². The van der Waals surface area contributed by atoms with Crippen molar-refractivity contribution >= 4 is 37.4 Å². The third-order valence-corrected chi connectivity index (χ3v) is 7.77. The van der Waals surface area contributed by atoms with E-state index in [1.807, 2.05) is 0 Å². The van der Waals surface area contributed by atoms with Gasteiger partial charge in [-0.05, 0) is 0 Å². The molecule has 0 aliphatic carbocycles. The van der Waals surface area contributed by atoms with Crippen molar-refractivity contribution in [2.75, 3.05) is 0 Å². The van der Waals surface area contributed by atoms with Gasteiger partial charge in [-0.1, -0.05) is 12.1 Å². The van der Waals surface area contributed by atoms with Crippen LogP contribution in [0.2, 0.25) is 6.04 Å². The summed E-state index contributed by atoms with van der Waals surface area (Å²) < 4.78 is 0. The van der Waals surface area contributed by atoms with Gasteiger partial charge < -0.3 is 24.8 Å². The monoisotopic (exact) mass is 586 g/mol. The van der Waals surface area contributed by atoms with Crippen LogP contribution in [-0.2, 0) is 23.0 Å². The fourth-order valence-corrected chi connectivity index (χ4v) is 6.06. The topological polar surface area (TPSA) is 0 Å². The van der Waals surface area contributed by atoms with E-state index in [9.17, 15) is 0 Å². The summed E-state index contributed by atoms with van der Waals surface area (Å²) in [5.41, 5.74) is 0. The Kier molecular flexibility index (Phi) is 14.4. The summed E-state index contributed by atoms with van der Waals surface area (Å²) >= 11 is 6.99. The maximum Gasteiger partial charge on any atom is -0.0809 e. The zero-order chi connectivity index (χ0) is 17.2. The van der Waals surface area contributed by atoms with Gasteiger partial charge in [0.2, 0.25) is 0 Å². The van der Waals surface area contributed by atoms with Crippen molar-refractivity contribution in [3.05, 3.63) is 84.9 Å². The molecule has 26 heavy (non-hydrogen) atoms. The maximum absolute atomic E-state index is 5.74. The molecule has 4 rings (SSSR count). The smallest absolute Gasteiger partial charge is 0.0809 e. The van der Waals surface area contributed by atoms with Crippen molar-refractivity contribution in [2.24, 2.45) is 0 Å². The predicted molar refractivity (Wildman–Crippen MR) is 106 cm³/mol. The summed E-state index contributed by atoms with van der Waals surface area (Å²) in [4.78, 5) is -0.274. The fraction of sp³-hybridized carbons (Fsp3) is 0.143. The van der Waals surface area contributed by atoms with Gasteiger partial charge in [-0.25, -0.2) is 0 Å². The van der Waals surface area contributed by atoms with Crippen LogP contribution in [0.15, 0.2) is 84.9 Å². The van der Waals surface area contributed by atoms with Gasteiger partial charge in [-0.2, -0.15) is 35.0 Å². The fourth-order valence-electron chi connectivity index (χ4n) is 2.36. The Labute approximate surface area is 188 Å². The molecule has 0 aromatic heterocycles. The van der Waals surface area contributed by atoms with Crippen LogP contribution in [0.5, 0.6) is 0 Å². The van der Waals surface area contributed by atoms with Gasteiger partial charge in [0.25, 0.3) is 0 Å². The Bertz CT molecular complexity index is 756. The number of fused-ring (bicyclic) bond motifs is 2. The Morgan fingerprint density at radius 2 is 1.23 bits per heavy atom. The summed E-state index contributed by atoms with van der Waals surface area (Å²) in [6, 6.07) is 30.6. The molecule has 0 radical (unpaired) electrons. The van der Waals surface area contributed by atoms with Crippen molar-refractivity contribution in [3.63, 3.8) is 0 Å². The molecule has 0 spiro atoms. The van der Waals surface area contributed by atoms with Crippen LogP contribution in [0.4, 0.5) is 0 Å². The molecule has 0 aliphatic rings. The van der Waals surface area contributed by atoms with Crippen LogP contribution >= 0.6 is 11.1 Å². The van der Waals surface area contributed by atoms with E-state index in [-0.39, 0.29) is 29.6 Å². The van der Waals surface area contributed by atoms with E-state index >= 15 is 0 Å². The number of halogens is 3. The van der Waals surface area contributed by atoms with Crippen molar-refractivity contribution < 1.29 is 47.8 Å². The van der Waals surface area contributed by atoms with E-state index in [1.54, 1.807) is 0 Å². The number of hydrogen-bond acceptors (Lipinski definition) is 0. The molecule has 0 saturated heterocycles. The molecule has 136 valence electrons. The summed E-state index contributed by atoms with van der Waals surface area (Å²) in [6.07, 6.45) is 1.28. The third kappa shape index (κ3) is 9.01. The average Bonchev–Trinajstić information content (AvgIpc) is 3.25. The standard InChI is InChI=1S/2C9H7.C3H7ClSi.2ClH.Hf/c2*1-2-5-9-7-3-6-8(9)4-1;1-2-3-5-4;;;/h2*1-7H;2-3H2,1H3;2*1H;/q2*-1;;;;+2/p-2. The van der Waals surface area contributed by atoms with Crippen LogP contribution in [0.25, 0.3) is 21.5 Å². The Morgan fingerprint density at radius 3 is 1.54 bits per heavy atom. The zero-order valence-corrected chi connectivity index (χ0v) is 21.5. The first kappa shape index (κ1) is 25.6. The number of rotatable bonds is 2. The van der Waals surface area contributed by atoms with Gasteiger partial charge in [-0.15, -0.1) is 59.3 Å². The molecule has 0 N–H and O–H groups in total. The van der Waals surface area contributed by atoms with E-state index in [2.05, 4.69) is 91.9 Å². The molecule has 0 heterocycles. The van der Waals surface area contributed by atoms with Crippen LogP contribution in [0.3, 0.4) is 0 Å². The molecule has 0 aliphatic heterocycles. The van der Waals surface area contributed by atoms with E-state index < -0.39 is 0 Å². The van der Waals surface area contributed by atoms with Crippen molar-refractivity contribution in [1.82, 2.24) is 0 Å². The third-order valence-electron chi connectivity index (χ3n) is 3.56. The molecule has 4 aromatic carbocycles. The summed E-state index contributed by atoms with van der Waals surface area (Å²) in [7, 11) is 0. The Balaban J connectivity index is 0.000000357. The molecule has 0 bridgehead atoms. The van der Waals surface area contributed by atoms with E-state index in [1.165, 1.54) is 57.0 Å². The molecular formula is C21H21Cl3HfSi-2. The van der Waals surface area contributed by atoms with Gasteiger partial charge in [0, 0.05) is 0 Å². The molecular weight excluding hydrogens is 565 g/mol. The van der Waals surface area contributed by atoms with Crippen LogP contribution < -0.4 is 24.8 Å². The summed E-state index contributed by atoms with van der Waals surface area (Å²) in [5.74, 6) is 0. The minimum absolute atomic E-state index is 0.